The first kappa shape index (κ1) is 26.3. The zero-order valence-corrected chi connectivity index (χ0v) is 21.4. The normalized spacial score (nSPS) is 10.4. The van der Waals surface area contributed by atoms with Crippen LogP contribution in [-0.4, -0.2) is 20.3 Å². The van der Waals surface area contributed by atoms with Gasteiger partial charge in [0.2, 0.25) is 0 Å². The Bertz CT molecular complexity index is 983. The Hall–Kier alpha value is -1.92. The van der Waals surface area contributed by atoms with Gasteiger partial charge in [0.1, 0.15) is 12.4 Å². The molecule has 32 heavy (non-hydrogen) atoms. The topological polar surface area (TPSA) is 39.7 Å². The summed E-state index contributed by atoms with van der Waals surface area (Å²) in [6.45, 7) is 4.54. The SMILES string of the molecule is CCOc1cc(CNCCc2ccccc2OC)cc(Br)c1OCc1ccc(Cl)cc1.Cl. The van der Waals surface area contributed by atoms with Crippen molar-refractivity contribution >= 4 is 39.9 Å². The average Bonchev–Trinajstić information content (AvgIpc) is 2.78. The summed E-state index contributed by atoms with van der Waals surface area (Å²) in [5.74, 6) is 2.36. The average molecular weight is 541 g/mol. The molecular formula is C25H28BrCl2NO3. The van der Waals surface area contributed by atoms with E-state index < -0.39 is 0 Å². The molecule has 0 amide bonds. The van der Waals surface area contributed by atoms with Crippen molar-refractivity contribution in [3.05, 3.63) is 86.8 Å². The van der Waals surface area contributed by atoms with E-state index in [1.165, 1.54) is 5.56 Å². The van der Waals surface area contributed by atoms with Gasteiger partial charge >= 0.3 is 0 Å². The molecule has 0 aliphatic heterocycles. The summed E-state index contributed by atoms with van der Waals surface area (Å²) >= 11 is 9.61. The van der Waals surface area contributed by atoms with Gasteiger partial charge in [0.05, 0.1) is 18.2 Å². The summed E-state index contributed by atoms with van der Waals surface area (Å²) in [5.41, 5.74) is 3.36. The van der Waals surface area contributed by atoms with E-state index in [-0.39, 0.29) is 12.4 Å². The molecule has 0 aliphatic carbocycles. The largest absolute Gasteiger partial charge is 0.496 e. The minimum atomic E-state index is 0. The molecule has 3 rings (SSSR count). The number of nitrogens with one attached hydrogen (secondary N) is 1. The van der Waals surface area contributed by atoms with Gasteiger partial charge in [-0.05, 0) is 82.8 Å². The lowest BCUT2D eigenvalue weighted by Crippen LogP contribution is -2.17. The second-order valence-corrected chi connectivity index (χ2v) is 8.28. The Labute approximate surface area is 209 Å². The number of ether oxygens (including phenoxy) is 3. The van der Waals surface area contributed by atoms with Gasteiger partial charge in [-0.2, -0.15) is 0 Å². The first-order chi connectivity index (χ1) is 15.1. The molecule has 0 unspecified atom stereocenters. The fourth-order valence-electron chi connectivity index (χ4n) is 3.23. The van der Waals surface area contributed by atoms with Crippen LogP contribution in [0.5, 0.6) is 17.2 Å². The van der Waals surface area contributed by atoms with Crippen molar-refractivity contribution in [3.63, 3.8) is 0 Å². The second kappa shape index (κ2) is 13.6. The van der Waals surface area contributed by atoms with Gasteiger partial charge in [-0.1, -0.05) is 41.9 Å². The molecule has 0 bridgehead atoms. The Balaban J connectivity index is 0.00000363. The van der Waals surface area contributed by atoms with Gasteiger partial charge in [0.25, 0.3) is 0 Å². The zero-order chi connectivity index (χ0) is 22.1. The molecule has 0 saturated carbocycles. The molecule has 0 spiro atoms. The number of methoxy groups -OCH3 is 1. The van der Waals surface area contributed by atoms with Gasteiger partial charge in [-0.15, -0.1) is 12.4 Å². The Morgan fingerprint density at radius 2 is 1.69 bits per heavy atom. The van der Waals surface area contributed by atoms with Crippen LogP contribution in [0.3, 0.4) is 0 Å². The van der Waals surface area contributed by atoms with Crippen molar-refractivity contribution in [1.29, 1.82) is 0 Å². The van der Waals surface area contributed by atoms with Crippen LogP contribution < -0.4 is 19.5 Å². The van der Waals surface area contributed by atoms with Crippen LogP contribution in [0.15, 0.2) is 65.1 Å². The first-order valence-electron chi connectivity index (χ1n) is 10.3. The first-order valence-corrected chi connectivity index (χ1v) is 11.4. The highest BCUT2D eigenvalue weighted by molar-refractivity contribution is 9.10. The van der Waals surface area contributed by atoms with Crippen molar-refractivity contribution in [2.45, 2.75) is 26.5 Å². The van der Waals surface area contributed by atoms with Crippen molar-refractivity contribution in [1.82, 2.24) is 5.32 Å². The number of benzene rings is 3. The molecule has 7 heteroatoms. The highest BCUT2D eigenvalue weighted by Crippen LogP contribution is 2.37. The standard InChI is InChI=1S/C25H27BrClNO3.ClH/c1-3-30-24-15-19(16-28-13-12-20-6-4-5-7-23(20)29-2)14-22(26)25(24)31-17-18-8-10-21(27)11-9-18;/h4-11,14-15,28H,3,12-13,16-17H2,1-2H3;1H. The Kier molecular flexibility index (Phi) is 11.2. The maximum absolute atomic E-state index is 6.06. The zero-order valence-electron chi connectivity index (χ0n) is 18.2. The van der Waals surface area contributed by atoms with Crippen LogP contribution in [0.4, 0.5) is 0 Å². The third-order valence-corrected chi connectivity index (χ3v) is 5.60. The van der Waals surface area contributed by atoms with Gasteiger partial charge in [-0.25, -0.2) is 0 Å². The minimum absolute atomic E-state index is 0. The summed E-state index contributed by atoms with van der Waals surface area (Å²) in [4.78, 5) is 0. The maximum atomic E-state index is 6.06. The fraction of sp³-hybridized carbons (Fsp3) is 0.280. The summed E-state index contributed by atoms with van der Waals surface area (Å²) in [7, 11) is 1.70. The van der Waals surface area contributed by atoms with E-state index in [4.69, 9.17) is 25.8 Å². The highest BCUT2D eigenvalue weighted by atomic mass is 79.9. The van der Waals surface area contributed by atoms with Crippen LogP contribution in [0.2, 0.25) is 5.02 Å². The number of para-hydroxylation sites is 1. The van der Waals surface area contributed by atoms with E-state index in [0.717, 1.165) is 46.6 Å². The lowest BCUT2D eigenvalue weighted by molar-refractivity contribution is 0.267. The summed E-state index contributed by atoms with van der Waals surface area (Å²) in [5, 5.41) is 4.21. The highest BCUT2D eigenvalue weighted by Gasteiger charge is 2.13. The van der Waals surface area contributed by atoms with Gasteiger partial charge < -0.3 is 19.5 Å². The molecule has 3 aromatic rings. The van der Waals surface area contributed by atoms with Crippen LogP contribution in [0.1, 0.15) is 23.6 Å². The van der Waals surface area contributed by atoms with Gasteiger partial charge in [0, 0.05) is 11.6 Å². The van der Waals surface area contributed by atoms with Crippen LogP contribution in [0.25, 0.3) is 0 Å². The van der Waals surface area contributed by atoms with Gasteiger partial charge in [0.15, 0.2) is 11.5 Å². The predicted octanol–water partition coefficient (Wildman–Crippen LogP) is 6.84. The van der Waals surface area contributed by atoms with E-state index in [0.29, 0.717) is 24.0 Å². The molecule has 4 nitrogen and oxygen atoms in total. The van der Waals surface area contributed by atoms with E-state index >= 15 is 0 Å². The summed E-state index contributed by atoms with van der Waals surface area (Å²) < 4.78 is 18.2. The van der Waals surface area contributed by atoms with E-state index in [9.17, 15) is 0 Å². The molecule has 172 valence electrons. The molecule has 0 heterocycles. The third-order valence-electron chi connectivity index (χ3n) is 4.76. The minimum Gasteiger partial charge on any atom is -0.496 e. The van der Waals surface area contributed by atoms with Crippen molar-refractivity contribution < 1.29 is 14.2 Å². The lowest BCUT2D eigenvalue weighted by Gasteiger charge is -2.16. The molecular weight excluding hydrogens is 513 g/mol. The smallest absolute Gasteiger partial charge is 0.175 e. The van der Waals surface area contributed by atoms with E-state index in [2.05, 4.69) is 33.4 Å². The summed E-state index contributed by atoms with van der Waals surface area (Å²) in [6, 6.07) is 19.8. The molecule has 0 fully saturated rings. The van der Waals surface area contributed by atoms with E-state index in [1.807, 2.05) is 55.5 Å². The fourth-order valence-corrected chi connectivity index (χ4v) is 3.96. The van der Waals surface area contributed by atoms with Crippen molar-refractivity contribution in [2.75, 3.05) is 20.3 Å². The molecule has 1 N–H and O–H groups in total. The summed E-state index contributed by atoms with van der Waals surface area (Å²) in [6.07, 6.45) is 0.895. The number of hydrogen-bond donors (Lipinski definition) is 1. The molecule has 0 atom stereocenters. The van der Waals surface area contributed by atoms with Gasteiger partial charge in [-0.3, -0.25) is 0 Å². The maximum Gasteiger partial charge on any atom is 0.175 e. The monoisotopic (exact) mass is 539 g/mol. The molecule has 3 aromatic carbocycles. The van der Waals surface area contributed by atoms with Crippen LogP contribution in [-0.2, 0) is 19.6 Å². The van der Waals surface area contributed by atoms with Crippen LogP contribution >= 0.6 is 39.9 Å². The van der Waals surface area contributed by atoms with Crippen molar-refractivity contribution in [2.24, 2.45) is 0 Å². The number of halogens is 3. The molecule has 0 radical (unpaired) electrons. The Morgan fingerprint density at radius 1 is 0.938 bits per heavy atom. The molecule has 0 aromatic heterocycles. The second-order valence-electron chi connectivity index (χ2n) is 6.99. The molecule has 0 aliphatic rings. The number of hydrogen-bond acceptors (Lipinski definition) is 4. The predicted molar refractivity (Wildman–Crippen MR) is 137 cm³/mol. The molecule has 0 saturated heterocycles. The van der Waals surface area contributed by atoms with E-state index in [1.54, 1.807) is 7.11 Å². The number of rotatable bonds is 11. The Morgan fingerprint density at radius 3 is 2.41 bits per heavy atom. The quantitative estimate of drug-likeness (QED) is 0.270. The van der Waals surface area contributed by atoms with Crippen LogP contribution in [0, 0.1) is 0 Å². The third kappa shape index (κ3) is 7.59. The lowest BCUT2D eigenvalue weighted by atomic mass is 10.1. The van der Waals surface area contributed by atoms with Crippen molar-refractivity contribution in [3.8, 4) is 17.2 Å².